The lowest BCUT2D eigenvalue weighted by Gasteiger charge is -2.23. The Bertz CT molecular complexity index is 1040. The van der Waals surface area contributed by atoms with Gasteiger partial charge in [-0.1, -0.05) is 76.7 Å². The molecule has 2 aromatic carbocycles. The molecule has 1 atom stereocenters. The van der Waals surface area contributed by atoms with Crippen LogP contribution < -0.4 is 0 Å². The highest BCUT2D eigenvalue weighted by atomic mass is 16.5. The lowest BCUT2D eigenvalue weighted by atomic mass is 9.97. The van der Waals surface area contributed by atoms with E-state index in [2.05, 4.69) is 73.3 Å². The van der Waals surface area contributed by atoms with Gasteiger partial charge in [-0.05, 0) is 64.3 Å². The van der Waals surface area contributed by atoms with Crippen molar-refractivity contribution in [1.82, 2.24) is 4.90 Å². The van der Waals surface area contributed by atoms with Crippen LogP contribution in [0.3, 0.4) is 0 Å². The van der Waals surface area contributed by atoms with Crippen LogP contribution in [0.1, 0.15) is 95.0 Å². The minimum atomic E-state index is 0.519. The molecule has 1 aliphatic heterocycles. The summed E-state index contributed by atoms with van der Waals surface area (Å²) in [7, 11) is 0. The molecule has 4 nitrogen and oxygen atoms in total. The Labute approximate surface area is 233 Å². The fourth-order valence-corrected chi connectivity index (χ4v) is 4.12. The molecule has 3 rings (SSSR count). The second kappa shape index (κ2) is 19.9. The number of benzene rings is 2. The third kappa shape index (κ3) is 12.4. The molecule has 0 amide bonds. The van der Waals surface area contributed by atoms with Gasteiger partial charge in [0.1, 0.15) is 0 Å². The quantitative estimate of drug-likeness (QED) is 0.259. The van der Waals surface area contributed by atoms with Crippen molar-refractivity contribution >= 4 is 11.4 Å². The van der Waals surface area contributed by atoms with E-state index in [0.717, 1.165) is 61.8 Å². The Balaban J connectivity index is 0.000000774. The van der Waals surface area contributed by atoms with Gasteiger partial charge in [0.25, 0.3) is 0 Å². The second-order valence-corrected chi connectivity index (χ2v) is 9.00. The van der Waals surface area contributed by atoms with E-state index in [1.807, 2.05) is 60.6 Å². The van der Waals surface area contributed by atoms with E-state index in [1.165, 1.54) is 22.3 Å². The monoisotopic (exact) mass is 517 g/mol. The maximum Gasteiger partial charge on any atom is 0.0991 e. The van der Waals surface area contributed by atoms with Crippen LogP contribution in [0.15, 0.2) is 66.3 Å². The minimum Gasteiger partial charge on any atom is -0.381 e. The molecule has 1 aliphatic rings. The van der Waals surface area contributed by atoms with Gasteiger partial charge in [-0.3, -0.25) is 4.99 Å². The van der Waals surface area contributed by atoms with Gasteiger partial charge < -0.3 is 9.64 Å². The Morgan fingerprint density at radius 2 is 1.68 bits per heavy atom. The van der Waals surface area contributed by atoms with Gasteiger partial charge in [-0.15, -0.1) is 0 Å². The number of likely N-dealkylation sites (tertiary alicyclic amines) is 1. The van der Waals surface area contributed by atoms with E-state index >= 15 is 0 Å². The Morgan fingerprint density at radius 3 is 2.21 bits per heavy atom. The highest BCUT2D eigenvalue weighted by molar-refractivity contribution is 5.80. The lowest BCUT2D eigenvalue weighted by molar-refractivity contribution is 0.150. The largest absolute Gasteiger partial charge is 0.381 e. The van der Waals surface area contributed by atoms with Gasteiger partial charge in [0.05, 0.1) is 18.2 Å². The second-order valence-electron chi connectivity index (χ2n) is 9.00. The number of hydrogen-bond acceptors (Lipinski definition) is 4. The summed E-state index contributed by atoms with van der Waals surface area (Å²) < 4.78 is 5.16. The molecule has 0 saturated carbocycles. The molecule has 4 heteroatoms. The molecule has 2 aromatic rings. The number of rotatable bonds is 8. The molecule has 0 spiro atoms. The lowest BCUT2D eigenvalue weighted by Crippen LogP contribution is -2.18. The van der Waals surface area contributed by atoms with E-state index in [9.17, 15) is 0 Å². The van der Waals surface area contributed by atoms with Crippen LogP contribution in [-0.4, -0.2) is 36.9 Å². The van der Waals surface area contributed by atoms with E-state index in [4.69, 9.17) is 10.00 Å². The average molecular weight is 518 g/mol. The van der Waals surface area contributed by atoms with Crippen molar-refractivity contribution in [3.8, 4) is 6.07 Å². The molecule has 38 heavy (non-hydrogen) atoms. The fraction of sp³-hybridized carbons (Fsp3) is 0.471. The molecule has 1 unspecified atom stereocenters. The third-order valence-electron chi connectivity index (χ3n) is 5.89. The van der Waals surface area contributed by atoms with Gasteiger partial charge in [-0.2, -0.15) is 5.26 Å². The first-order chi connectivity index (χ1) is 18.2. The van der Waals surface area contributed by atoms with Crippen molar-refractivity contribution < 1.29 is 4.74 Å². The first-order valence-corrected chi connectivity index (χ1v) is 14.0. The van der Waals surface area contributed by atoms with E-state index in [1.54, 1.807) is 0 Å². The summed E-state index contributed by atoms with van der Waals surface area (Å²) in [4.78, 5) is 6.58. The summed E-state index contributed by atoms with van der Waals surface area (Å²) in [5, 5.41) is 8.91. The molecule has 1 fully saturated rings. The Morgan fingerprint density at radius 1 is 1.05 bits per heavy atom. The zero-order valence-electron chi connectivity index (χ0n) is 25.5. The maximum absolute atomic E-state index is 8.91. The van der Waals surface area contributed by atoms with E-state index in [0.29, 0.717) is 5.92 Å². The van der Waals surface area contributed by atoms with Crippen LogP contribution in [0.25, 0.3) is 5.70 Å². The van der Waals surface area contributed by atoms with Crippen LogP contribution >= 0.6 is 0 Å². The average Bonchev–Trinajstić information content (AvgIpc) is 3.41. The van der Waals surface area contributed by atoms with Crippen molar-refractivity contribution in [2.24, 2.45) is 4.99 Å². The minimum absolute atomic E-state index is 0.519. The smallest absolute Gasteiger partial charge is 0.0991 e. The van der Waals surface area contributed by atoms with Gasteiger partial charge in [0, 0.05) is 54.7 Å². The zero-order chi connectivity index (χ0) is 29.1. The molecular formula is C34H51N3O. The molecule has 1 saturated heterocycles. The third-order valence-corrected chi connectivity index (χ3v) is 5.89. The Kier molecular flexibility index (Phi) is 18.2. The predicted molar refractivity (Wildman–Crippen MR) is 167 cm³/mol. The van der Waals surface area contributed by atoms with Gasteiger partial charge in [0.2, 0.25) is 0 Å². The molecule has 0 radical (unpaired) electrons. The van der Waals surface area contributed by atoms with Gasteiger partial charge in [-0.25, -0.2) is 0 Å². The number of nitrogens with zero attached hydrogens (tertiary/aromatic N) is 3. The summed E-state index contributed by atoms with van der Waals surface area (Å²) >= 11 is 0. The number of nitriles is 1. The molecule has 0 aliphatic carbocycles. The van der Waals surface area contributed by atoms with Crippen molar-refractivity contribution in [2.75, 3.05) is 26.3 Å². The van der Waals surface area contributed by atoms with Gasteiger partial charge in [0.15, 0.2) is 0 Å². The number of aliphatic imine (C=N–C) groups is 1. The zero-order valence-corrected chi connectivity index (χ0v) is 25.5. The number of aryl methyl sites for hydroxylation is 2. The summed E-state index contributed by atoms with van der Waals surface area (Å²) in [5.41, 5.74) is 8.94. The number of hydrogen-bond donors (Lipinski definition) is 0. The van der Waals surface area contributed by atoms with E-state index < -0.39 is 0 Å². The highest BCUT2D eigenvalue weighted by Crippen LogP contribution is 2.33. The fourth-order valence-electron chi connectivity index (χ4n) is 4.12. The topological polar surface area (TPSA) is 48.6 Å². The Hall–Kier alpha value is -3.16. The first kappa shape index (κ1) is 34.8. The van der Waals surface area contributed by atoms with Crippen LogP contribution in [0.4, 0.5) is 0 Å². The van der Waals surface area contributed by atoms with Crippen LogP contribution in [0, 0.1) is 25.2 Å². The van der Waals surface area contributed by atoms with Crippen molar-refractivity contribution in [3.63, 3.8) is 0 Å². The van der Waals surface area contributed by atoms with Crippen LogP contribution in [0.5, 0.6) is 0 Å². The maximum atomic E-state index is 8.91. The van der Waals surface area contributed by atoms with Crippen molar-refractivity contribution in [2.45, 2.75) is 81.1 Å². The molecule has 0 N–H and O–H groups in total. The summed E-state index contributed by atoms with van der Waals surface area (Å²) in [6.07, 6.45) is 1.97. The van der Waals surface area contributed by atoms with E-state index in [-0.39, 0.29) is 0 Å². The van der Waals surface area contributed by atoms with Crippen LogP contribution in [0.2, 0.25) is 0 Å². The SMILES string of the molecule is C=C(CCOCC)N=C(C)C.C=C(c1ccc(C)cc1C)N1CCC(c2ccc(C#N)cc2)C1.CC.CC. The molecule has 208 valence electrons. The molecule has 0 bridgehead atoms. The number of ether oxygens (including phenoxy) is 1. The molecule has 0 aromatic heterocycles. The van der Waals surface area contributed by atoms with Crippen LogP contribution in [-0.2, 0) is 4.74 Å². The summed E-state index contributed by atoms with van der Waals surface area (Å²) in [6.45, 7) is 29.9. The normalized spacial score (nSPS) is 13.4. The van der Waals surface area contributed by atoms with Crippen molar-refractivity contribution in [3.05, 3.63) is 89.1 Å². The predicted octanol–water partition coefficient (Wildman–Crippen LogP) is 9.10. The molecular weight excluding hydrogens is 466 g/mol. The standard InChI is InChI=1S/C21H22N2.C9H17NO.2C2H6/c1-15-4-9-21(16(2)12-15)17(3)23-11-10-20(14-23)19-7-5-18(13-22)6-8-19;1-5-11-7-6-9(4)10-8(2)3;2*1-2/h4-9,12,20H,3,10-11,14H2,1-2H3;4-7H2,1-3H3;2*1-2H3. The first-order valence-electron chi connectivity index (χ1n) is 14.0. The summed E-state index contributed by atoms with van der Waals surface area (Å²) in [5.74, 6) is 0.519. The van der Waals surface area contributed by atoms with Gasteiger partial charge >= 0.3 is 0 Å². The molecule has 1 heterocycles. The van der Waals surface area contributed by atoms with Crippen molar-refractivity contribution in [1.29, 1.82) is 5.26 Å². The highest BCUT2D eigenvalue weighted by Gasteiger charge is 2.25. The summed E-state index contributed by atoms with van der Waals surface area (Å²) in [6, 6.07) is 16.7.